The van der Waals surface area contributed by atoms with Crippen LogP contribution in [0, 0.1) is 0 Å². The van der Waals surface area contributed by atoms with E-state index in [1.54, 1.807) is 0 Å². The third-order valence-corrected chi connectivity index (χ3v) is 3.88. The molecule has 1 aliphatic rings. The predicted molar refractivity (Wildman–Crippen MR) is 84.2 cm³/mol. The van der Waals surface area contributed by atoms with Crippen LogP contribution in [0.3, 0.4) is 0 Å². The summed E-state index contributed by atoms with van der Waals surface area (Å²) in [5, 5.41) is 0.614. The highest BCUT2D eigenvalue weighted by Crippen LogP contribution is 2.30. The normalized spacial score (nSPS) is 19.5. The number of hydrogen-bond acceptors (Lipinski definition) is 3. The van der Waals surface area contributed by atoms with E-state index in [-0.39, 0.29) is 6.10 Å². The molecule has 0 aliphatic carbocycles. The Kier molecular flexibility index (Phi) is 5.02. The van der Waals surface area contributed by atoms with Gasteiger partial charge in [-0.05, 0) is 31.9 Å². The third kappa shape index (κ3) is 3.38. The molecular formula is C14H19ClN2OS. The lowest BCUT2D eigenvalue weighted by molar-refractivity contribution is 0.0526. The van der Waals surface area contributed by atoms with Crippen molar-refractivity contribution in [3.63, 3.8) is 0 Å². The molecule has 3 nitrogen and oxygen atoms in total. The van der Waals surface area contributed by atoms with Crippen LogP contribution in [0.5, 0.6) is 0 Å². The summed E-state index contributed by atoms with van der Waals surface area (Å²) in [5.41, 5.74) is 7.60. The van der Waals surface area contributed by atoms with E-state index in [4.69, 9.17) is 34.3 Å². The first-order chi connectivity index (χ1) is 9.13. The Bertz CT molecular complexity index is 465. The van der Waals surface area contributed by atoms with Crippen LogP contribution in [0.25, 0.3) is 0 Å². The summed E-state index contributed by atoms with van der Waals surface area (Å²) in [6.07, 6.45) is 2.48. The van der Waals surface area contributed by atoms with Gasteiger partial charge in [0.2, 0.25) is 0 Å². The van der Waals surface area contributed by atoms with Crippen LogP contribution >= 0.6 is 23.8 Å². The highest BCUT2D eigenvalue weighted by molar-refractivity contribution is 7.80. The smallest absolute Gasteiger partial charge is 0.107 e. The number of rotatable bonds is 4. The van der Waals surface area contributed by atoms with Crippen LogP contribution < -0.4 is 10.6 Å². The summed E-state index contributed by atoms with van der Waals surface area (Å²) in [4.78, 5) is 2.61. The van der Waals surface area contributed by atoms with Crippen LogP contribution in [0.2, 0.25) is 5.02 Å². The standard InChI is InChI=1S/C14H19ClN2OS/c1-2-18-10-5-4-8-17(9-10)12-7-3-6-11(15)13(12)14(16)19/h3,6-7,10H,2,4-5,8-9H2,1H3,(H2,16,19). The maximum Gasteiger partial charge on any atom is 0.107 e. The first kappa shape index (κ1) is 14.6. The van der Waals surface area contributed by atoms with Crippen LogP contribution in [-0.2, 0) is 4.74 Å². The summed E-state index contributed by atoms with van der Waals surface area (Å²) >= 11 is 11.3. The zero-order valence-corrected chi connectivity index (χ0v) is 12.6. The Morgan fingerprint density at radius 3 is 3.05 bits per heavy atom. The molecule has 0 amide bonds. The van der Waals surface area contributed by atoms with E-state index in [1.165, 1.54) is 0 Å². The molecule has 2 N–H and O–H groups in total. The average molecular weight is 299 g/mol. The quantitative estimate of drug-likeness (QED) is 0.867. The van der Waals surface area contributed by atoms with Gasteiger partial charge < -0.3 is 15.4 Å². The molecule has 0 spiro atoms. The summed E-state index contributed by atoms with van der Waals surface area (Å²) in [7, 11) is 0. The molecule has 1 aromatic rings. The third-order valence-electron chi connectivity index (χ3n) is 3.36. The number of ether oxygens (including phenoxy) is 1. The lowest BCUT2D eigenvalue weighted by Gasteiger charge is -2.35. The number of hydrogen-bond donors (Lipinski definition) is 1. The van der Waals surface area contributed by atoms with Gasteiger partial charge in [-0.2, -0.15) is 0 Å². The largest absolute Gasteiger partial charge is 0.389 e. The molecule has 19 heavy (non-hydrogen) atoms. The Balaban J connectivity index is 2.26. The molecular weight excluding hydrogens is 280 g/mol. The van der Waals surface area contributed by atoms with Gasteiger partial charge in [0.15, 0.2) is 0 Å². The number of nitrogens with zero attached hydrogens (tertiary/aromatic N) is 1. The van der Waals surface area contributed by atoms with Crippen molar-refractivity contribution in [1.29, 1.82) is 0 Å². The minimum Gasteiger partial charge on any atom is -0.389 e. The van der Waals surface area contributed by atoms with Gasteiger partial charge in [-0.3, -0.25) is 0 Å². The second-order valence-electron chi connectivity index (χ2n) is 4.66. The molecule has 104 valence electrons. The zero-order valence-electron chi connectivity index (χ0n) is 11.1. The van der Waals surface area contributed by atoms with Crippen LogP contribution in [0.15, 0.2) is 18.2 Å². The lowest BCUT2D eigenvalue weighted by Crippen LogP contribution is -2.40. The number of anilines is 1. The number of thiocarbonyl (C=S) groups is 1. The van der Waals surface area contributed by atoms with Crippen LogP contribution in [0.4, 0.5) is 5.69 Å². The van der Waals surface area contributed by atoms with Crippen molar-refractivity contribution in [2.75, 3.05) is 24.6 Å². The van der Waals surface area contributed by atoms with Crippen molar-refractivity contribution >= 4 is 34.5 Å². The fourth-order valence-electron chi connectivity index (χ4n) is 2.55. The second kappa shape index (κ2) is 6.55. The molecule has 1 aliphatic heterocycles. The Hall–Kier alpha value is -0.840. The molecule has 2 rings (SSSR count). The van der Waals surface area contributed by atoms with Gasteiger partial charge in [0.1, 0.15) is 4.99 Å². The number of benzene rings is 1. The monoisotopic (exact) mass is 298 g/mol. The molecule has 1 saturated heterocycles. The molecule has 1 heterocycles. The maximum atomic E-state index is 6.22. The topological polar surface area (TPSA) is 38.5 Å². The van der Waals surface area contributed by atoms with Gasteiger partial charge >= 0.3 is 0 Å². The minimum atomic E-state index is 0.275. The van der Waals surface area contributed by atoms with E-state index < -0.39 is 0 Å². The molecule has 1 unspecified atom stereocenters. The molecule has 0 radical (unpaired) electrons. The number of piperidine rings is 1. The number of nitrogens with two attached hydrogens (primary N) is 1. The van der Waals surface area contributed by atoms with Crippen molar-refractivity contribution in [3.8, 4) is 0 Å². The summed E-state index contributed by atoms with van der Waals surface area (Å²) in [6, 6.07) is 5.78. The molecule has 0 aromatic heterocycles. The summed E-state index contributed by atoms with van der Waals surface area (Å²) < 4.78 is 5.73. The molecule has 5 heteroatoms. The fourth-order valence-corrected chi connectivity index (χ4v) is 3.09. The van der Waals surface area contributed by atoms with Crippen molar-refractivity contribution in [3.05, 3.63) is 28.8 Å². The summed E-state index contributed by atoms with van der Waals surface area (Å²) in [5.74, 6) is 0. The SMILES string of the molecule is CCOC1CCCN(c2cccc(Cl)c2C(N)=S)C1. The van der Waals surface area contributed by atoms with E-state index in [0.717, 1.165) is 43.8 Å². The van der Waals surface area contributed by atoms with Gasteiger partial charge in [-0.15, -0.1) is 0 Å². The molecule has 0 saturated carbocycles. The van der Waals surface area contributed by atoms with Crippen molar-refractivity contribution in [1.82, 2.24) is 0 Å². The predicted octanol–water partition coefficient (Wildman–Crippen LogP) is 2.98. The minimum absolute atomic E-state index is 0.275. The van der Waals surface area contributed by atoms with Crippen molar-refractivity contribution in [2.45, 2.75) is 25.9 Å². The van der Waals surface area contributed by atoms with E-state index in [0.29, 0.717) is 10.0 Å². The van der Waals surface area contributed by atoms with E-state index >= 15 is 0 Å². The Morgan fingerprint density at radius 1 is 1.58 bits per heavy atom. The van der Waals surface area contributed by atoms with E-state index in [9.17, 15) is 0 Å². The highest BCUT2D eigenvalue weighted by Gasteiger charge is 2.23. The first-order valence-electron chi connectivity index (χ1n) is 6.58. The fraction of sp³-hybridized carbons (Fsp3) is 0.500. The highest BCUT2D eigenvalue weighted by atomic mass is 35.5. The van der Waals surface area contributed by atoms with Crippen LogP contribution in [-0.4, -0.2) is 30.8 Å². The molecule has 1 atom stereocenters. The van der Waals surface area contributed by atoms with Gasteiger partial charge in [0, 0.05) is 25.4 Å². The van der Waals surface area contributed by atoms with Gasteiger partial charge in [0.25, 0.3) is 0 Å². The van der Waals surface area contributed by atoms with Crippen LogP contribution in [0.1, 0.15) is 25.3 Å². The molecule has 1 fully saturated rings. The molecule has 1 aromatic carbocycles. The van der Waals surface area contributed by atoms with E-state index in [2.05, 4.69) is 4.90 Å². The lowest BCUT2D eigenvalue weighted by atomic mass is 10.0. The maximum absolute atomic E-state index is 6.22. The number of halogens is 1. The Morgan fingerprint density at radius 2 is 2.37 bits per heavy atom. The summed E-state index contributed by atoms with van der Waals surface area (Å²) in [6.45, 7) is 4.62. The van der Waals surface area contributed by atoms with Crippen molar-refractivity contribution in [2.24, 2.45) is 5.73 Å². The zero-order chi connectivity index (χ0) is 13.8. The molecule has 0 bridgehead atoms. The first-order valence-corrected chi connectivity index (χ1v) is 7.37. The van der Waals surface area contributed by atoms with Gasteiger partial charge in [0.05, 0.1) is 16.7 Å². The second-order valence-corrected chi connectivity index (χ2v) is 5.51. The van der Waals surface area contributed by atoms with Gasteiger partial charge in [-0.1, -0.05) is 29.9 Å². The van der Waals surface area contributed by atoms with Gasteiger partial charge in [-0.25, -0.2) is 0 Å². The van der Waals surface area contributed by atoms with E-state index in [1.807, 2.05) is 25.1 Å². The Labute approximate surface area is 124 Å². The van der Waals surface area contributed by atoms with Crippen molar-refractivity contribution < 1.29 is 4.74 Å². The average Bonchev–Trinajstić information content (AvgIpc) is 2.38.